The zero-order valence-electron chi connectivity index (χ0n) is 11.4. The molecule has 6 heteroatoms. The van der Waals surface area contributed by atoms with Crippen molar-refractivity contribution in [3.8, 4) is 0 Å². The van der Waals surface area contributed by atoms with E-state index in [0.29, 0.717) is 5.92 Å². The Hall–Kier alpha value is -1.56. The summed E-state index contributed by atoms with van der Waals surface area (Å²) in [6.45, 7) is 6.42. The maximum atomic E-state index is 11.4. The zero-order valence-corrected chi connectivity index (χ0v) is 11.4. The highest BCUT2D eigenvalue weighted by Gasteiger charge is 2.30. The standard InChI is InChI=1S/C13H21N5O/c1-2-17-7-4-9(5-8-17)11-10-3-6-15-12(10)18(16-11)13(14)19/h9,15H,2-8H2,1H3,(H2,14,19). The summed E-state index contributed by atoms with van der Waals surface area (Å²) in [5.41, 5.74) is 7.68. The van der Waals surface area contributed by atoms with Crippen LogP contribution in [-0.2, 0) is 6.42 Å². The lowest BCUT2D eigenvalue weighted by molar-refractivity contribution is 0.220. The van der Waals surface area contributed by atoms with Crippen molar-refractivity contribution in [1.82, 2.24) is 14.7 Å². The molecule has 6 nitrogen and oxygen atoms in total. The predicted octanol–water partition coefficient (Wildman–Crippen LogP) is 0.977. The van der Waals surface area contributed by atoms with Gasteiger partial charge in [0.15, 0.2) is 0 Å². The maximum absolute atomic E-state index is 11.4. The number of piperidine rings is 1. The number of rotatable bonds is 2. The van der Waals surface area contributed by atoms with Gasteiger partial charge in [-0.3, -0.25) is 0 Å². The van der Waals surface area contributed by atoms with Gasteiger partial charge >= 0.3 is 6.03 Å². The van der Waals surface area contributed by atoms with Crippen LogP contribution in [0.4, 0.5) is 10.6 Å². The highest BCUT2D eigenvalue weighted by Crippen LogP contribution is 2.35. The zero-order chi connectivity index (χ0) is 13.4. The SMILES string of the molecule is CCN1CCC(c2nn(C(N)=O)c3c2CCN3)CC1. The molecule has 1 aromatic heterocycles. The van der Waals surface area contributed by atoms with Crippen LogP contribution in [0.2, 0.25) is 0 Å². The second-order valence-electron chi connectivity index (χ2n) is 5.35. The van der Waals surface area contributed by atoms with Gasteiger partial charge in [0.25, 0.3) is 0 Å². The number of amides is 1. The van der Waals surface area contributed by atoms with E-state index in [1.807, 2.05) is 0 Å². The number of carbonyl (C=O) groups is 1. The van der Waals surface area contributed by atoms with E-state index in [4.69, 9.17) is 5.73 Å². The Bertz CT molecular complexity index is 487. The van der Waals surface area contributed by atoms with Crippen molar-refractivity contribution >= 4 is 11.8 Å². The van der Waals surface area contributed by atoms with Crippen LogP contribution >= 0.6 is 0 Å². The Morgan fingerprint density at radius 3 is 2.84 bits per heavy atom. The second kappa shape index (κ2) is 4.85. The number of nitrogens with zero attached hydrogens (tertiary/aromatic N) is 3. The number of nitrogens with one attached hydrogen (secondary N) is 1. The van der Waals surface area contributed by atoms with Gasteiger partial charge in [-0.05, 0) is 38.9 Å². The number of fused-ring (bicyclic) bond motifs is 1. The number of carbonyl (C=O) groups excluding carboxylic acids is 1. The molecule has 1 saturated heterocycles. The number of anilines is 1. The van der Waals surface area contributed by atoms with E-state index in [0.717, 1.165) is 57.0 Å². The van der Waals surface area contributed by atoms with Crippen molar-refractivity contribution in [1.29, 1.82) is 0 Å². The Kier molecular flexibility index (Phi) is 3.18. The molecule has 1 aromatic rings. The van der Waals surface area contributed by atoms with Gasteiger partial charge in [-0.1, -0.05) is 6.92 Å². The van der Waals surface area contributed by atoms with Gasteiger partial charge in [0.05, 0.1) is 5.69 Å². The van der Waals surface area contributed by atoms with Crippen LogP contribution in [0.1, 0.15) is 36.9 Å². The monoisotopic (exact) mass is 263 g/mol. The molecule has 0 saturated carbocycles. The quantitative estimate of drug-likeness (QED) is 0.834. The van der Waals surface area contributed by atoms with Gasteiger partial charge in [-0.15, -0.1) is 0 Å². The lowest BCUT2D eigenvalue weighted by Gasteiger charge is -2.30. The molecule has 0 spiro atoms. The first-order chi connectivity index (χ1) is 9.20. The van der Waals surface area contributed by atoms with Crippen LogP contribution in [0.3, 0.4) is 0 Å². The minimum absolute atomic E-state index is 0.469. The number of likely N-dealkylation sites (tertiary alicyclic amines) is 1. The molecular weight excluding hydrogens is 242 g/mol. The molecule has 3 heterocycles. The molecule has 0 unspecified atom stereocenters. The number of hydrogen-bond donors (Lipinski definition) is 2. The van der Waals surface area contributed by atoms with Crippen LogP contribution in [-0.4, -0.2) is 46.9 Å². The van der Waals surface area contributed by atoms with Crippen molar-refractivity contribution in [2.75, 3.05) is 31.5 Å². The first kappa shape index (κ1) is 12.5. The topological polar surface area (TPSA) is 76.2 Å². The lowest BCUT2D eigenvalue weighted by Crippen LogP contribution is -2.33. The maximum Gasteiger partial charge on any atom is 0.341 e. The van der Waals surface area contributed by atoms with Crippen LogP contribution in [0.15, 0.2) is 0 Å². The van der Waals surface area contributed by atoms with E-state index in [9.17, 15) is 4.79 Å². The van der Waals surface area contributed by atoms with Crippen molar-refractivity contribution in [3.05, 3.63) is 11.3 Å². The molecule has 104 valence electrons. The molecule has 0 aliphatic carbocycles. The molecule has 2 aliphatic rings. The van der Waals surface area contributed by atoms with E-state index in [1.165, 1.54) is 10.2 Å². The summed E-state index contributed by atoms with van der Waals surface area (Å²) in [5, 5.41) is 7.69. The van der Waals surface area contributed by atoms with Crippen molar-refractivity contribution < 1.29 is 4.79 Å². The summed E-state index contributed by atoms with van der Waals surface area (Å²) in [6.07, 6.45) is 3.19. The first-order valence-corrected chi connectivity index (χ1v) is 7.08. The normalized spacial score (nSPS) is 20.3. The van der Waals surface area contributed by atoms with Crippen molar-refractivity contribution in [3.63, 3.8) is 0 Å². The molecule has 0 bridgehead atoms. The summed E-state index contributed by atoms with van der Waals surface area (Å²) >= 11 is 0. The van der Waals surface area contributed by atoms with Crippen LogP contribution in [0, 0.1) is 0 Å². The number of hydrogen-bond acceptors (Lipinski definition) is 4. The van der Waals surface area contributed by atoms with Crippen LogP contribution in [0.5, 0.6) is 0 Å². The number of nitrogens with two attached hydrogens (primary N) is 1. The van der Waals surface area contributed by atoms with Gasteiger partial charge < -0.3 is 16.0 Å². The third-order valence-electron chi connectivity index (χ3n) is 4.31. The van der Waals surface area contributed by atoms with E-state index in [1.54, 1.807) is 0 Å². The summed E-state index contributed by atoms with van der Waals surface area (Å²) in [7, 11) is 0. The molecule has 0 aromatic carbocycles. The van der Waals surface area contributed by atoms with Gasteiger partial charge in [0.1, 0.15) is 5.82 Å². The average molecular weight is 263 g/mol. The third kappa shape index (κ3) is 2.10. The minimum atomic E-state index is -0.497. The van der Waals surface area contributed by atoms with Crippen LogP contribution in [0.25, 0.3) is 0 Å². The van der Waals surface area contributed by atoms with E-state index < -0.39 is 6.03 Å². The summed E-state index contributed by atoms with van der Waals surface area (Å²) in [4.78, 5) is 13.9. The van der Waals surface area contributed by atoms with Crippen molar-refractivity contribution in [2.45, 2.75) is 32.1 Å². The molecule has 1 amide bonds. The number of primary amides is 1. The fourth-order valence-electron chi connectivity index (χ4n) is 3.21. The summed E-state index contributed by atoms with van der Waals surface area (Å²) < 4.78 is 1.34. The number of aromatic nitrogens is 2. The molecule has 19 heavy (non-hydrogen) atoms. The van der Waals surface area contributed by atoms with Gasteiger partial charge in [-0.25, -0.2) is 4.79 Å². The Morgan fingerprint density at radius 2 is 2.21 bits per heavy atom. The van der Waals surface area contributed by atoms with E-state index in [-0.39, 0.29) is 0 Å². The summed E-state index contributed by atoms with van der Waals surface area (Å²) in [6, 6.07) is -0.497. The molecule has 0 atom stereocenters. The first-order valence-electron chi connectivity index (χ1n) is 7.08. The molecule has 3 N–H and O–H groups in total. The molecule has 3 rings (SSSR count). The molecule has 1 fully saturated rings. The smallest absolute Gasteiger partial charge is 0.341 e. The predicted molar refractivity (Wildman–Crippen MR) is 73.5 cm³/mol. The van der Waals surface area contributed by atoms with E-state index >= 15 is 0 Å². The average Bonchev–Trinajstić information content (AvgIpc) is 3.00. The van der Waals surface area contributed by atoms with Crippen molar-refractivity contribution in [2.24, 2.45) is 5.73 Å². The second-order valence-corrected chi connectivity index (χ2v) is 5.35. The highest BCUT2D eigenvalue weighted by atomic mass is 16.2. The van der Waals surface area contributed by atoms with Gasteiger partial charge in [0, 0.05) is 18.0 Å². The Balaban J connectivity index is 1.86. The van der Waals surface area contributed by atoms with Gasteiger partial charge in [0.2, 0.25) is 0 Å². The third-order valence-corrected chi connectivity index (χ3v) is 4.31. The summed E-state index contributed by atoms with van der Waals surface area (Å²) in [5.74, 6) is 1.29. The molecule has 2 aliphatic heterocycles. The largest absolute Gasteiger partial charge is 0.369 e. The van der Waals surface area contributed by atoms with Gasteiger partial charge in [-0.2, -0.15) is 9.78 Å². The van der Waals surface area contributed by atoms with Crippen LogP contribution < -0.4 is 11.1 Å². The molecule has 0 radical (unpaired) electrons. The highest BCUT2D eigenvalue weighted by molar-refractivity contribution is 5.79. The Morgan fingerprint density at radius 1 is 1.47 bits per heavy atom. The minimum Gasteiger partial charge on any atom is -0.369 e. The fourth-order valence-corrected chi connectivity index (χ4v) is 3.21. The Labute approximate surface area is 112 Å². The molecular formula is C13H21N5O. The lowest BCUT2D eigenvalue weighted by atomic mass is 9.91. The van der Waals surface area contributed by atoms with E-state index in [2.05, 4.69) is 22.2 Å². The fraction of sp³-hybridized carbons (Fsp3) is 0.692.